The summed E-state index contributed by atoms with van der Waals surface area (Å²) in [5.74, 6) is 0. The topological polar surface area (TPSA) is 29.3 Å². The molecule has 78 valence electrons. The van der Waals surface area contributed by atoms with Gasteiger partial charge in [0.15, 0.2) is 0 Å². The Morgan fingerprint density at radius 1 is 1.38 bits per heavy atom. The van der Waals surface area contributed by atoms with Crippen molar-refractivity contribution >= 4 is 17.2 Å². The predicted octanol–water partition coefficient (Wildman–Crippen LogP) is 2.17. The fourth-order valence-corrected chi connectivity index (χ4v) is 1.33. The Balaban J connectivity index is 3.73. The maximum atomic E-state index is 5.47. The van der Waals surface area contributed by atoms with Crippen molar-refractivity contribution in [3.05, 3.63) is 0 Å². The molecule has 3 heteroatoms. The summed E-state index contributed by atoms with van der Waals surface area (Å²) in [5.41, 5.74) is 5.47. The number of unbranched alkanes of at least 4 members (excludes halogenated alkanes) is 1. The van der Waals surface area contributed by atoms with Gasteiger partial charge in [0, 0.05) is 19.0 Å². The van der Waals surface area contributed by atoms with Gasteiger partial charge < -0.3 is 10.6 Å². The first kappa shape index (κ1) is 12.8. The van der Waals surface area contributed by atoms with Crippen molar-refractivity contribution in [1.29, 1.82) is 0 Å². The molecule has 2 nitrogen and oxygen atoms in total. The Morgan fingerprint density at radius 3 is 2.38 bits per heavy atom. The Hall–Kier alpha value is -0.150. The minimum atomic E-state index is 0.598. The van der Waals surface area contributed by atoms with Crippen LogP contribution < -0.4 is 5.73 Å². The summed E-state index contributed by atoms with van der Waals surface area (Å²) < 4.78 is 0. The van der Waals surface area contributed by atoms with Gasteiger partial charge in [0.1, 0.15) is 0 Å². The fraction of sp³-hybridized carbons (Fsp3) is 0.900. The van der Waals surface area contributed by atoms with Gasteiger partial charge in [0.25, 0.3) is 0 Å². The second-order valence-corrected chi connectivity index (χ2v) is 4.22. The highest BCUT2D eigenvalue weighted by Crippen LogP contribution is 2.02. The van der Waals surface area contributed by atoms with Crippen molar-refractivity contribution in [2.24, 2.45) is 5.73 Å². The van der Waals surface area contributed by atoms with Crippen LogP contribution in [0.1, 0.15) is 40.0 Å². The Bertz CT molecular complexity index is 146. The Labute approximate surface area is 87.5 Å². The van der Waals surface area contributed by atoms with Crippen LogP contribution in [0.2, 0.25) is 0 Å². The molecule has 0 bridgehead atoms. The minimum absolute atomic E-state index is 0.598. The van der Waals surface area contributed by atoms with E-state index < -0.39 is 0 Å². The number of nitrogens with zero attached hydrogens (tertiary/aromatic N) is 1. The zero-order valence-corrected chi connectivity index (χ0v) is 9.86. The van der Waals surface area contributed by atoms with Gasteiger partial charge in [-0.15, -0.1) is 0 Å². The van der Waals surface area contributed by atoms with Crippen LogP contribution in [0, 0.1) is 0 Å². The number of rotatable bonds is 7. The van der Waals surface area contributed by atoms with Crippen molar-refractivity contribution < 1.29 is 0 Å². The molecule has 0 amide bonds. The van der Waals surface area contributed by atoms with Gasteiger partial charge in [-0.1, -0.05) is 25.6 Å². The molecule has 0 spiro atoms. The largest absolute Gasteiger partial charge is 0.393 e. The lowest BCUT2D eigenvalue weighted by Crippen LogP contribution is -2.34. The Kier molecular flexibility index (Phi) is 7.19. The quantitative estimate of drug-likeness (QED) is 0.642. The van der Waals surface area contributed by atoms with Crippen molar-refractivity contribution in [3.63, 3.8) is 0 Å². The molecule has 0 aromatic rings. The van der Waals surface area contributed by atoms with E-state index in [0.29, 0.717) is 11.0 Å². The van der Waals surface area contributed by atoms with E-state index in [-0.39, 0.29) is 0 Å². The number of thiocarbonyl (C=S) groups is 1. The third-order valence-electron chi connectivity index (χ3n) is 2.17. The maximum absolute atomic E-state index is 5.47. The first-order valence-electron chi connectivity index (χ1n) is 5.10. The first-order valence-corrected chi connectivity index (χ1v) is 5.51. The molecule has 13 heavy (non-hydrogen) atoms. The second-order valence-electron chi connectivity index (χ2n) is 3.70. The average molecular weight is 202 g/mol. The second kappa shape index (κ2) is 7.27. The van der Waals surface area contributed by atoms with Crippen molar-refractivity contribution in [2.45, 2.75) is 46.1 Å². The lowest BCUT2D eigenvalue weighted by Gasteiger charge is -2.25. The van der Waals surface area contributed by atoms with Crippen LogP contribution in [-0.4, -0.2) is 29.0 Å². The summed E-state index contributed by atoms with van der Waals surface area (Å²) in [5, 5.41) is 0. The summed E-state index contributed by atoms with van der Waals surface area (Å²) in [6.07, 6.45) is 3.35. The summed E-state index contributed by atoms with van der Waals surface area (Å²) in [6, 6.07) is 0.598. The number of nitrogens with two attached hydrogens (primary N) is 1. The van der Waals surface area contributed by atoms with Gasteiger partial charge in [-0.25, -0.2) is 0 Å². The third kappa shape index (κ3) is 6.96. The van der Waals surface area contributed by atoms with E-state index >= 15 is 0 Å². The molecular formula is C10H22N2S. The summed E-state index contributed by atoms with van der Waals surface area (Å²) in [6.45, 7) is 8.82. The summed E-state index contributed by atoms with van der Waals surface area (Å²) >= 11 is 4.86. The van der Waals surface area contributed by atoms with Gasteiger partial charge in [0.05, 0.1) is 4.99 Å². The molecule has 0 rings (SSSR count). The van der Waals surface area contributed by atoms with Crippen LogP contribution >= 0.6 is 12.2 Å². The zero-order valence-electron chi connectivity index (χ0n) is 9.05. The molecule has 0 saturated carbocycles. The molecule has 0 aliphatic heterocycles. The van der Waals surface area contributed by atoms with Crippen LogP contribution in [0.15, 0.2) is 0 Å². The van der Waals surface area contributed by atoms with E-state index in [4.69, 9.17) is 18.0 Å². The Morgan fingerprint density at radius 2 is 2.00 bits per heavy atom. The lowest BCUT2D eigenvalue weighted by molar-refractivity contribution is 0.225. The molecule has 0 unspecified atom stereocenters. The van der Waals surface area contributed by atoms with Gasteiger partial charge in [-0.2, -0.15) is 0 Å². The third-order valence-corrected chi connectivity index (χ3v) is 2.38. The van der Waals surface area contributed by atoms with E-state index in [2.05, 4.69) is 25.7 Å². The highest BCUT2D eigenvalue weighted by atomic mass is 32.1. The van der Waals surface area contributed by atoms with E-state index in [1.165, 1.54) is 12.8 Å². The zero-order chi connectivity index (χ0) is 10.3. The molecule has 0 saturated heterocycles. The van der Waals surface area contributed by atoms with Crippen LogP contribution in [0.25, 0.3) is 0 Å². The van der Waals surface area contributed by atoms with Crippen molar-refractivity contribution in [1.82, 2.24) is 4.90 Å². The molecule has 0 atom stereocenters. The van der Waals surface area contributed by atoms with Crippen LogP contribution in [0.5, 0.6) is 0 Å². The summed E-state index contributed by atoms with van der Waals surface area (Å²) in [7, 11) is 0. The average Bonchev–Trinajstić information content (AvgIpc) is 2.03. The van der Waals surface area contributed by atoms with E-state index in [1.807, 2.05) is 0 Å². The van der Waals surface area contributed by atoms with Crippen molar-refractivity contribution in [2.75, 3.05) is 13.1 Å². The molecule has 0 aliphatic rings. The fourth-order valence-electron chi connectivity index (χ4n) is 1.24. The number of hydrogen-bond donors (Lipinski definition) is 1. The monoisotopic (exact) mass is 202 g/mol. The molecule has 0 heterocycles. The molecule has 0 aliphatic carbocycles. The molecular weight excluding hydrogens is 180 g/mol. The van der Waals surface area contributed by atoms with Gasteiger partial charge in [-0.05, 0) is 26.8 Å². The van der Waals surface area contributed by atoms with Crippen molar-refractivity contribution in [3.8, 4) is 0 Å². The lowest BCUT2D eigenvalue weighted by atomic mass is 10.2. The molecule has 2 N–H and O–H groups in total. The van der Waals surface area contributed by atoms with Crippen LogP contribution in [-0.2, 0) is 0 Å². The minimum Gasteiger partial charge on any atom is -0.393 e. The van der Waals surface area contributed by atoms with E-state index in [1.54, 1.807) is 0 Å². The van der Waals surface area contributed by atoms with Gasteiger partial charge in [0.2, 0.25) is 0 Å². The SMILES string of the molecule is CCCCN(CCC(N)=S)C(C)C. The van der Waals surface area contributed by atoms with Crippen LogP contribution in [0.3, 0.4) is 0 Å². The smallest absolute Gasteiger partial charge is 0.0740 e. The summed E-state index contributed by atoms with van der Waals surface area (Å²) in [4.78, 5) is 3.06. The van der Waals surface area contributed by atoms with Gasteiger partial charge >= 0.3 is 0 Å². The van der Waals surface area contributed by atoms with E-state index in [9.17, 15) is 0 Å². The highest BCUT2D eigenvalue weighted by molar-refractivity contribution is 7.80. The molecule has 0 aromatic heterocycles. The maximum Gasteiger partial charge on any atom is 0.0740 e. The molecule has 0 fully saturated rings. The number of hydrogen-bond acceptors (Lipinski definition) is 2. The molecule has 0 aromatic carbocycles. The predicted molar refractivity (Wildman–Crippen MR) is 63.0 cm³/mol. The standard InChI is InChI=1S/C10H22N2S/c1-4-5-7-12(9(2)3)8-6-10(11)13/h9H,4-8H2,1-3H3,(H2,11,13). The van der Waals surface area contributed by atoms with Gasteiger partial charge in [-0.3, -0.25) is 0 Å². The first-order chi connectivity index (χ1) is 6.07. The van der Waals surface area contributed by atoms with Crippen LogP contribution in [0.4, 0.5) is 0 Å². The normalized spacial score (nSPS) is 11.2. The van der Waals surface area contributed by atoms with E-state index in [0.717, 1.165) is 19.5 Å². The molecule has 0 radical (unpaired) electrons. The highest BCUT2D eigenvalue weighted by Gasteiger charge is 2.08.